The van der Waals surface area contributed by atoms with Gasteiger partial charge in [0, 0.05) is 31.3 Å². The molecule has 1 rings (SSSR count). The number of aliphatic imine (C=N–C) groups is 1. The van der Waals surface area contributed by atoms with E-state index in [9.17, 15) is 29.1 Å². The number of hydrogen-bond donors (Lipinski definition) is 9. The number of amides is 3. The zero-order valence-corrected chi connectivity index (χ0v) is 18.9. The number of nitrogens with two attached hydrogens (primary N) is 3. The van der Waals surface area contributed by atoms with Gasteiger partial charge in [0.25, 0.3) is 0 Å². The van der Waals surface area contributed by atoms with E-state index in [2.05, 4.69) is 30.9 Å². The van der Waals surface area contributed by atoms with Crippen molar-refractivity contribution in [3.8, 4) is 0 Å². The van der Waals surface area contributed by atoms with Gasteiger partial charge in [0.05, 0.1) is 12.9 Å². The van der Waals surface area contributed by atoms with Crippen LogP contribution in [0.1, 0.15) is 31.4 Å². The van der Waals surface area contributed by atoms with Gasteiger partial charge in [-0.2, -0.15) is 0 Å². The summed E-state index contributed by atoms with van der Waals surface area (Å²) >= 11 is 0. The maximum atomic E-state index is 12.9. The van der Waals surface area contributed by atoms with Crippen LogP contribution in [0.15, 0.2) is 17.5 Å². The molecule has 12 N–H and O–H groups in total. The fraction of sp³-hybridized carbons (Fsp3) is 0.526. The van der Waals surface area contributed by atoms with Gasteiger partial charge < -0.3 is 48.3 Å². The first-order valence-electron chi connectivity index (χ1n) is 10.6. The second-order valence-electron chi connectivity index (χ2n) is 7.45. The van der Waals surface area contributed by atoms with Crippen molar-refractivity contribution in [2.24, 2.45) is 22.2 Å². The number of carboxylic acids is 2. The number of carbonyl (C=O) groups is 5. The average molecular weight is 498 g/mol. The lowest BCUT2D eigenvalue weighted by molar-refractivity contribution is -0.143. The number of imidazole rings is 1. The van der Waals surface area contributed by atoms with E-state index >= 15 is 0 Å². The standard InChI is InChI=1S/C19H31N9O7/c20-7-14(29)26-13(6-10-8-23-9-25-10)17(33)27-11(3-4-15(30)31)16(32)28-12(18(34)35)2-1-5-24-19(21)22/h8-9,11-13H,1-7,20H2,(H,23,25)(H,26,29)(H,27,33)(H,28,32)(H,30,31)(H,34,35)(H4,21,22,24). The molecule has 3 unspecified atom stereocenters. The largest absolute Gasteiger partial charge is 0.481 e. The highest BCUT2D eigenvalue weighted by atomic mass is 16.4. The Kier molecular flexibility index (Phi) is 12.2. The highest BCUT2D eigenvalue weighted by molar-refractivity contribution is 5.93. The summed E-state index contributed by atoms with van der Waals surface area (Å²) in [6, 6.07) is -3.89. The van der Waals surface area contributed by atoms with Gasteiger partial charge in [-0.1, -0.05) is 0 Å². The minimum Gasteiger partial charge on any atom is -0.481 e. The Bertz CT molecular complexity index is 900. The second kappa shape index (κ2) is 14.8. The molecule has 1 heterocycles. The maximum absolute atomic E-state index is 12.9. The van der Waals surface area contributed by atoms with E-state index in [1.165, 1.54) is 12.5 Å². The van der Waals surface area contributed by atoms with Gasteiger partial charge in [-0.25, -0.2) is 9.78 Å². The normalized spacial score (nSPS) is 13.1. The topological polar surface area (TPSA) is 281 Å². The van der Waals surface area contributed by atoms with Gasteiger partial charge in [0.2, 0.25) is 17.7 Å². The van der Waals surface area contributed by atoms with Crippen molar-refractivity contribution >= 4 is 35.6 Å². The number of carbonyl (C=O) groups excluding carboxylic acids is 3. The summed E-state index contributed by atoms with van der Waals surface area (Å²) in [5.41, 5.74) is 16.2. The molecule has 1 aromatic heterocycles. The molecular weight excluding hydrogens is 466 g/mol. The zero-order valence-electron chi connectivity index (χ0n) is 18.9. The number of aliphatic carboxylic acids is 2. The van der Waals surface area contributed by atoms with Gasteiger partial charge in [0.1, 0.15) is 18.1 Å². The predicted octanol–water partition coefficient (Wildman–Crippen LogP) is -3.63. The smallest absolute Gasteiger partial charge is 0.326 e. The molecule has 0 radical (unpaired) electrons. The van der Waals surface area contributed by atoms with E-state index in [0.717, 1.165) is 0 Å². The van der Waals surface area contributed by atoms with E-state index in [-0.39, 0.29) is 38.2 Å². The molecule has 35 heavy (non-hydrogen) atoms. The highest BCUT2D eigenvalue weighted by Crippen LogP contribution is 2.05. The molecule has 0 spiro atoms. The molecular formula is C19H31N9O7. The van der Waals surface area contributed by atoms with Crippen LogP contribution in [0, 0.1) is 0 Å². The Morgan fingerprint density at radius 2 is 1.66 bits per heavy atom. The van der Waals surface area contributed by atoms with Crippen molar-refractivity contribution in [1.29, 1.82) is 0 Å². The van der Waals surface area contributed by atoms with Crippen LogP contribution in [-0.4, -0.2) is 87.0 Å². The van der Waals surface area contributed by atoms with Crippen LogP contribution < -0.4 is 33.2 Å². The number of aromatic amines is 1. The maximum Gasteiger partial charge on any atom is 0.326 e. The van der Waals surface area contributed by atoms with E-state index in [0.29, 0.717) is 5.69 Å². The van der Waals surface area contributed by atoms with Crippen molar-refractivity contribution in [2.45, 2.75) is 50.2 Å². The second-order valence-corrected chi connectivity index (χ2v) is 7.45. The summed E-state index contributed by atoms with van der Waals surface area (Å²) in [5.74, 6) is -5.06. The number of guanidine groups is 1. The summed E-state index contributed by atoms with van der Waals surface area (Å²) in [5, 5.41) is 25.5. The molecule has 194 valence electrons. The molecule has 0 aromatic carbocycles. The summed E-state index contributed by atoms with van der Waals surface area (Å²) in [4.78, 5) is 70.4. The van der Waals surface area contributed by atoms with E-state index < -0.39 is 60.8 Å². The molecule has 0 aliphatic heterocycles. The summed E-state index contributed by atoms with van der Waals surface area (Å²) in [6.07, 6.45) is 2.19. The van der Waals surface area contributed by atoms with Gasteiger partial charge in [-0.15, -0.1) is 0 Å². The van der Waals surface area contributed by atoms with Crippen LogP contribution in [0.2, 0.25) is 0 Å². The number of H-pyrrole nitrogens is 1. The fourth-order valence-corrected chi connectivity index (χ4v) is 2.92. The molecule has 16 nitrogen and oxygen atoms in total. The number of carboxylic acid groups (broad SMARTS) is 2. The third-order valence-corrected chi connectivity index (χ3v) is 4.66. The van der Waals surface area contributed by atoms with Gasteiger partial charge in [-0.3, -0.25) is 24.2 Å². The Hall–Kier alpha value is -4.21. The van der Waals surface area contributed by atoms with Crippen LogP contribution in [0.3, 0.4) is 0 Å². The zero-order chi connectivity index (χ0) is 26.4. The number of aromatic nitrogens is 2. The Morgan fingerprint density at radius 3 is 2.20 bits per heavy atom. The first kappa shape index (κ1) is 28.8. The van der Waals surface area contributed by atoms with Crippen LogP contribution in [-0.2, 0) is 30.4 Å². The van der Waals surface area contributed by atoms with Crippen LogP contribution >= 0.6 is 0 Å². The minimum atomic E-state index is -1.39. The highest BCUT2D eigenvalue weighted by Gasteiger charge is 2.30. The fourth-order valence-electron chi connectivity index (χ4n) is 2.92. The van der Waals surface area contributed by atoms with E-state index in [1.807, 2.05) is 0 Å². The van der Waals surface area contributed by atoms with Crippen LogP contribution in [0.25, 0.3) is 0 Å². The van der Waals surface area contributed by atoms with Crippen molar-refractivity contribution in [1.82, 2.24) is 25.9 Å². The first-order valence-corrected chi connectivity index (χ1v) is 10.6. The molecule has 0 aliphatic carbocycles. The molecule has 0 saturated heterocycles. The molecule has 0 aliphatic rings. The third-order valence-electron chi connectivity index (χ3n) is 4.66. The number of nitrogens with one attached hydrogen (secondary N) is 4. The number of hydrogen-bond acceptors (Lipinski definition) is 8. The lowest BCUT2D eigenvalue weighted by atomic mass is 10.1. The monoisotopic (exact) mass is 497 g/mol. The number of nitrogens with zero attached hydrogens (tertiary/aromatic N) is 2. The minimum absolute atomic E-state index is 0.0205. The van der Waals surface area contributed by atoms with Crippen molar-refractivity contribution in [3.63, 3.8) is 0 Å². The first-order chi connectivity index (χ1) is 16.5. The van der Waals surface area contributed by atoms with Gasteiger partial charge >= 0.3 is 11.9 Å². The van der Waals surface area contributed by atoms with Gasteiger partial charge in [-0.05, 0) is 19.3 Å². The van der Waals surface area contributed by atoms with Crippen molar-refractivity contribution in [2.75, 3.05) is 13.1 Å². The van der Waals surface area contributed by atoms with Crippen molar-refractivity contribution in [3.05, 3.63) is 18.2 Å². The Morgan fingerprint density at radius 1 is 1.00 bits per heavy atom. The third kappa shape index (κ3) is 11.5. The van der Waals surface area contributed by atoms with E-state index in [1.54, 1.807) is 0 Å². The van der Waals surface area contributed by atoms with Crippen molar-refractivity contribution < 1.29 is 34.2 Å². The molecule has 0 fully saturated rings. The predicted molar refractivity (Wildman–Crippen MR) is 122 cm³/mol. The summed E-state index contributed by atoms with van der Waals surface area (Å²) in [6.45, 7) is -0.257. The van der Waals surface area contributed by atoms with E-state index in [4.69, 9.17) is 22.3 Å². The Labute approximate surface area is 200 Å². The molecule has 16 heteroatoms. The molecule has 3 atom stereocenters. The molecule has 1 aromatic rings. The molecule has 0 bridgehead atoms. The van der Waals surface area contributed by atoms with Crippen LogP contribution in [0.5, 0.6) is 0 Å². The van der Waals surface area contributed by atoms with Gasteiger partial charge in [0.15, 0.2) is 5.96 Å². The lowest BCUT2D eigenvalue weighted by Crippen LogP contribution is -2.56. The molecule has 0 saturated carbocycles. The number of rotatable bonds is 16. The quantitative estimate of drug-likeness (QED) is 0.0610. The SMILES string of the molecule is NCC(=O)NC(Cc1cnc[nH]1)C(=O)NC(CCC(=O)O)C(=O)NC(CCCN=C(N)N)C(=O)O. The molecule has 3 amide bonds. The van der Waals surface area contributed by atoms with Crippen LogP contribution in [0.4, 0.5) is 0 Å². The summed E-state index contributed by atoms with van der Waals surface area (Å²) < 4.78 is 0. The lowest BCUT2D eigenvalue weighted by Gasteiger charge is -2.24. The average Bonchev–Trinajstić information content (AvgIpc) is 3.30. The summed E-state index contributed by atoms with van der Waals surface area (Å²) in [7, 11) is 0. The Balaban J connectivity index is 2.95.